The van der Waals surface area contributed by atoms with Crippen LogP contribution in [-0.4, -0.2) is 53.4 Å². The number of amides is 1. The fraction of sp³-hybridized carbons (Fsp3) is 0.429. The average molecular weight is 485 g/mol. The van der Waals surface area contributed by atoms with Crippen molar-refractivity contribution in [2.75, 3.05) is 38.0 Å². The van der Waals surface area contributed by atoms with E-state index in [0.29, 0.717) is 11.4 Å². The van der Waals surface area contributed by atoms with Gasteiger partial charge in [-0.2, -0.15) is 13.2 Å². The fourth-order valence-corrected chi connectivity index (χ4v) is 3.82. The van der Waals surface area contributed by atoms with Gasteiger partial charge in [-0.15, -0.1) is 0 Å². The zero-order chi connectivity index (χ0) is 21.7. The van der Waals surface area contributed by atoms with Gasteiger partial charge in [-0.25, -0.2) is 4.98 Å². The van der Waals surface area contributed by atoms with Crippen LogP contribution in [0.1, 0.15) is 23.6 Å². The van der Waals surface area contributed by atoms with Gasteiger partial charge in [-0.05, 0) is 35.9 Å². The van der Waals surface area contributed by atoms with Gasteiger partial charge in [0, 0.05) is 43.4 Å². The largest absolute Gasteiger partial charge is 0.416 e. The van der Waals surface area contributed by atoms with Crippen molar-refractivity contribution in [2.24, 2.45) is 0 Å². The van der Waals surface area contributed by atoms with E-state index in [9.17, 15) is 18.0 Å². The molecule has 9 heteroatoms. The zero-order valence-electron chi connectivity index (χ0n) is 16.7. The summed E-state index contributed by atoms with van der Waals surface area (Å²) in [6, 6.07) is 7.52. The van der Waals surface area contributed by atoms with Crippen LogP contribution in [0.4, 0.5) is 19.0 Å². The second-order valence-corrected chi connectivity index (χ2v) is 8.20. The molecule has 0 atom stereocenters. The topological polar surface area (TPSA) is 48.5 Å². The van der Waals surface area contributed by atoms with Crippen molar-refractivity contribution in [3.63, 3.8) is 0 Å². The Morgan fingerprint density at radius 1 is 1.13 bits per heavy atom. The van der Waals surface area contributed by atoms with Crippen LogP contribution < -0.4 is 5.32 Å². The van der Waals surface area contributed by atoms with Crippen LogP contribution in [0.2, 0.25) is 0 Å². The zero-order valence-corrected chi connectivity index (χ0v) is 18.3. The summed E-state index contributed by atoms with van der Waals surface area (Å²) in [5.74, 6) is -0.0783. The number of piperazine rings is 1. The van der Waals surface area contributed by atoms with E-state index in [-0.39, 0.29) is 18.5 Å². The molecule has 1 N–H and O–H groups in total. The van der Waals surface area contributed by atoms with E-state index in [0.717, 1.165) is 43.3 Å². The van der Waals surface area contributed by atoms with Crippen molar-refractivity contribution >= 4 is 27.7 Å². The molecule has 0 aliphatic carbocycles. The van der Waals surface area contributed by atoms with Gasteiger partial charge in [0.05, 0.1) is 12.0 Å². The molecule has 1 aromatic carbocycles. The van der Waals surface area contributed by atoms with Gasteiger partial charge < -0.3 is 10.2 Å². The van der Waals surface area contributed by atoms with Crippen molar-refractivity contribution in [1.82, 2.24) is 14.8 Å². The number of alkyl halides is 3. The van der Waals surface area contributed by atoms with Crippen LogP contribution >= 0.6 is 15.9 Å². The molecule has 1 fully saturated rings. The van der Waals surface area contributed by atoms with E-state index >= 15 is 0 Å². The summed E-state index contributed by atoms with van der Waals surface area (Å²) >= 11 is 3.28. The van der Waals surface area contributed by atoms with Crippen molar-refractivity contribution in [2.45, 2.75) is 26.1 Å². The lowest BCUT2D eigenvalue weighted by molar-refractivity contribution is -0.138. The summed E-state index contributed by atoms with van der Waals surface area (Å²) in [5.41, 5.74) is -0.120. The number of halogens is 4. The van der Waals surface area contributed by atoms with Crippen LogP contribution in [0, 0.1) is 0 Å². The Kier molecular flexibility index (Phi) is 7.49. The molecule has 1 aromatic heterocycles. The summed E-state index contributed by atoms with van der Waals surface area (Å²) < 4.78 is 41.8. The van der Waals surface area contributed by atoms with Crippen LogP contribution in [0.25, 0.3) is 0 Å². The molecule has 0 unspecified atom stereocenters. The van der Waals surface area contributed by atoms with Crippen LogP contribution in [-0.2, 0) is 23.9 Å². The van der Waals surface area contributed by atoms with Gasteiger partial charge in [-0.3, -0.25) is 9.69 Å². The van der Waals surface area contributed by atoms with Gasteiger partial charge in [0.25, 0.3) is 0 Å². The number of pyridine rings is 1. The molecule has 30 heavy (non-hydrogen) atoms. The molecule has 0 bridgehead atoms. The Morgan fingerprint density at radius 2 is 1.83 bits per heavy atom. The van der Waals surface area contributed by atoms with E-state index < -0.39 is 17.6 Å². The summed E-state index contributed by atoms with van der Waals surface area (Å²) in [6.07, 6.45) is -3.11. The minimum Gasteiger partial charge on any atom is -0.310 e. The molecule has 1 amide bonds. The number of nitrogens with zero attached hydrogens (tertiary/aromatic N) is 3. The van der Waals surface area contributed by atoms with Crippen molar-refractivity contribution in [1.29, 1.82) is 0 Å². The maximum atomic E-state index is 13.7. The lowest BCUT2D eigenvalue weighted by atomic mass is 10.0. The SMILES string of the molecule is CCN1CCN(Cc2ccc(CC(=O)Nc3cc(Br)ccn3)cc2C(F)(F)F)CC1. The molecule has 1 saturated heterocycles. The number of carbonyl (C=O) groups is 1. The monoisotopic (exact) mass is 484 g/mol. The first-order valence-corrected chi connectivity index (χ1v) is 10.6. The van der Waals surface area contributed by atoms with Gasteiger partial charge in [0.1, 0.15) is 5.82 Å². The van der Waals surface area contributed by atoms with E-state index in [1.54, 1.807) is 18.2 Å². The third kappa shape index (κ3) is 6.26. The van der Waals surface area contributed by atoms with Gasteiger partial charge >= 0.3 is 6.18 Å². The second-order valence-electron chi connectivity index (χ2n) is 7.28. The highest BCUT2D eigenvalue weighted by Gasteiger charge is 2.34. The summed E-state index contributed by atoms with van der Waals surface area (Å²) in [7, 11) is 0. The standard InChI is InChI=1S/C21H24BrF3N4O/c1-2-28-7-9-29(10-8-28)14-16-4-3-15(11-18(16)21(23,24)25)12-20(30)27-19-13-17(22)5-6-26-19/h3-6,11,13H,2,7-10,12,14H2,1H3,(H,26,27,30). The molecule has 2 heterocycles. The number of carbonyl (C=O) groups excluding carboxylic acids is 1. The first-order chi connectivity index (χ1) is 14.2. The normalized spacial score (nSPS) is 15.9. The highest BCUT2D eigenvalue weighted by atomic mass is 79.9. The molecular weight excluding hydrogens is 461 g/mol. The molecule has 0 saturated carbocycles. The highest BCUT2D eigenvalue weighted by molar-refractivity contribution is 9.10. The van der Waals surface area contributed by atoms with Gasteiger partial charge in [-0.1, -0.05) is 35.0 Å². The van der Waals surface area contributed by atoms with Gasteiger partial charge in [0.15, 0.2) is 0 Å². The van der Waals surface area contributed by atoms with E-state index in [4.69, 9.17) is 0 Å². The Hall–Kier alpha value is -1.97. The maximum absolute atomic E-state index is 13.7. The Labute approximate surface area is 182 Å². The lowest BCUT2D eigenvalue weighted by Gasteiger charge is -2.34. The van der Waals surface area contributed by atoms with E-state index in [1.807, 2.05) is 4.90 Å². The number of nitrogens with one attached hydrogen (secondary N) is 1. The van der Waals surface area contributed by atoms with Crippen molar-refractivity contribution in [3.8, 4) is 0 Å². The predicted octanol–water partition coefficient (Wildman–Crippen LogP) is 4.18. The molecule has 0 spiro atoms. The Bertz CT molecular complexity index is 883. The number of hydrogen-bond donors (Lipinski definition) is 1. The number of rotatable bonds is 6. The Balaban J connectivity index is 1.70. The average Bonchev–Trinajstić information content (AvgIpc) is 2.69. The number of aromatic nitrogens is 1. The third-order valence-corrected chi connectivity index (χ3v) is 5.63. The van der Waals surface area contributed by atoms with Crippen LogP contribution in [0.5, 0.6) is 0 Å². The highest BCUT2D eigenvalue weighted by Crippen LogP contribution is 2.33. The summed E-state index contributed by atoms with van der Waals surface area (Å²) in [6.45, 7) is 6.50. The van der Waals surface area contributed by atoms with Gasteiger partial charge in [0.2, 0.25) is 5.91 Å². The van der Waals surface area contributed by atoms with Crippen LogP contribution in [0.15, 0.2) is 41.0 Å². The first kappa shape index (κ1) is 22.7. The van der Waals surface area contributed by atoms with E-state index in [2.05, 4.69) is 38.1 Å². The first-order valence-electron chi connectivity index (χ1n) is 9.79. The fourth-order valence-electron chi connectivity index (χ4n) is 3.49. The predicted molar refractivity (Wildman–Crippen MR) is 113 cm³/mol. The van der Waals surface area contributed by atoms with E-state index in [1.165, 1.54) is 12.3 Å². The van der Waals surface area contributed by atoms with Crippen molar-refractivity contribution in [3.05, 3.63) is 57.7 Å². The number of likely N-dealkylation sites (N-methyl/N-ethyl adjacent to an activating group) is 1. The molecule has 1 aliphatic rings. The van der Waals surface area contributed by atoms with Crippen molar-refractivity contribution < 1.29 is 18.0 Å². The minimum absolute atomic E-state index is 0.160. The number of hydrogen-bond acceptors (Lipinski definition) is 4. The second kappa shape index (κ2) is 9.89. The third-order valence-electron chi connectivity index (χ3n) is 5.14. The Morgan fingerprint density at radius 3 is 2.47 bits per heavy atom. The molecule has 5 nitrogen and oxygen atoms in total. The lowest BCUT2D eigenvalue weighted by Crippen LogP contribution is -2.45. The smallest absolute Gasteiger partial charge is 0.310 e. The molecule has 162 valence electrons. The maximum Gasteiger partial charge on any atom is 0.416 e. The molecule has 3 rings (SSSR count). The quantitative estimate of drug-likeness (QED) is 0.667. The number of anilines is 1. The summed E-state index contributed by atoms with van der Waals surface area (Å²) in [5, 5.41) is 2.61. The number of benzene rings is 1. The van der Waals surface area contributed by atoms with Crippen LogP contribution in [0.3, 0.4) is 0 Å². The summed E-state index contributed by atoms with van der Waals surface area (Å²) in [4.78, 5) is 20.6. The minimum atomic E-state index is -4.47. The molecular formula is C21H24BrF3N4O. The molecule has 0 radical (unpaired) electrons. The molecule has 2 aromatic rings. The molecule has 1 aliphatic heterocycles.